The first-order valence-corrected chi connectivity index (χ1v) is 6.30. The highest BCUT2D eigenvalue weighted by molar-refractivity contribution is 9.10. The molecule has 17 heavy (non-hydrogen) atoms. The molecule has 1 aromatic rings. The van der Waals surface area contributed by atoms with E-state index in [0.29, 0.717) is 16.6 Å². The normalized spacial score (nSPS) is 19.3. The zero-order valence-corrected chi connectivity index (χ0v) is 10.8. The molecule has 1 heterocycles. The van der Waals surface area contributed by atoms with Crippen LogP contribution in [0.15, 0.2) is 22.7 Å². The number of benzene rings is 1. The minimum Gasteiger partial charge on any atom is -0.376 e. The van der Waals surface area contributed by atoms with E-state index in [0.717, 1.165) is 19.4 Å². The van der Waals surface area contributed by atoms with E-state index in [1.807, 2.05) is 0 Å². The van der Waals surface area contributed by atoms with E-state index in [4.69, 9.17) is 4.74 Å². The molecule has 0 aromatic heterocycles. The van der Waals surface area contributed by atoms with Gasteiger partial charge in [-0.3, -0.25) is 4.79 Å². The molecule has 1 amide bonds. The molecule has 2 rings (SSSR count). The molecule has 92 valence electrons. The molecule has 1 aromatic carbocycles. The Bertz CT molecular complexity index is 399. The number of hydrogen-bond donors (Lipinski definition) is 1. The van der Waals surface area contributed by atoms with E-state index >= 15 is 0 Å². The van der Waals surface area contributed by atoms with Crippen LogP contribution in [-0.4, -0.2) is 25.2 Å². The van der Waals surface area contributed by atoms with E-state index in [-0.39, 0.29) is 12.0 Å². The highest BCUT2D eigenvalue weighted by Crippen LogP contribution is 2.15. The van der Waals surface area contributed by atoms with E-state index < -0.39 is 5.82 Å². The molecule has 0 bridgehead atoms. The van der Waals surface area contributed by atoms with E-state index in [2.05, 4.69) is 21.2 Å². The average molecular weight is 302 g/mol. The molecule has 0 saturated carbocycles. The largest absolute Gasteiger partial charge is 0.376 e. The summed E-state index contributed by atoms with van der Waals surface area (Å²) in [5.74, 6) is -0.706. The number of amides is 1. The van der Waals surface area contributed by atoms with Gasteiger partial charge in [0.05, 0.1) is 6.10 Å². The number of carbonyl (C=O) groups excluding carboxylic acids is 1. The Balaban J connectivity index is 1.94. The first-order valence-electron chi connectivity index (χ1n) is 5.51. The van der Waals surface area contributed by atoms with Crippen LogP contribution >= 0.6 is 15.9 Å². The zero-order chi connectivity index (χ0) is 12.3. The number of nitrogens with one attached hydrogen (secondary N) is 1. The van der Waals surface area contributed by atoms with Crippen LogP contribution in [0.4, 0.5) is 4.39 Å². The van der Waals surface area contributed by atoms with Gasteiger partial charge in [-0.05, 0) is 31.0 Å². The van der Waals surface area contributed by atoms with Crippen LogP contribution in [0.25, 0.3) is 0 Å². The lowest BCUT2D eigenvalue weighted by molar-refractivity contribution is 0.0857. The van der Waals surface area contributed by atoms with Gasteiger partial charge in [-0.15, -0.1) is 0 Å². The highest BCUT2D eigenvalue weighted by Gasteiger charge is 2.17. The van der Waals surface area contributed by atoms with Crippen LogP contribution in [0, 0.1) is 5.82 Å². The summed E-state index contributed by atoms with van der Waals surface area (Å²) in [5, 5.41) is 2.74. The van der Waals surface area contributed by atoms with Gasteiger partial charge in [-0.1, -0.05) is 15.9 Å². The standard InChI is InChI=1S/C12H13BrFNO2/c13-9-4-8(5-10(14)6-9)12(16)15-7-11-2-1-3-17-11/h4-6,11H,1-3,7H2,(H,15,16). The predicted molar refractivity (Wildman–Crippen MR) is 65.4 cm³/mol. The lowest BCUT2D eigenvalue weighted by Crippen LogP contribution is -2.31. The molecule has 1 unspecified atom stereocenters. The van der Waals surface area contributed by atoms with Gasteiger partial charge < -0.3 is 10.1 Å². The molecule has 1 saturated heterocycles. The minimum atomic E-state index is -0.429. The molecule has 3 nitrogen and oxygen atoms in total. The van der Waals surface area contributed by atoms with Gasteiger partial charge >= 0.3 is 0 Å². The topological polar surface area (TPSA) is 38.3 Å². The van der Waals surface area contributed by atoms with Gasteiger partial charge in [-0.2, -0.15) is 0 Å². The monoisotopic (exact) mass is 301 g/mol. The van der Waals surface area contributed by atoms with Crippen molar-refractivity contribution in [2.75, 3.05) is 13.2 Å². The third kappa shape index (κ3) is 3.51. The summed E-state index contributed by atoms with van der Waals surface area (Å²) in [6, 6.07) is 4.13. The molecule has 0 radical (unpaired) electrons. The summed E-state index contributed by atoms with van der Waals surface area (Å²) in [5.41, 5.74) is 0.315. The van der Waals surface area contributed by atoms with E-state index in [1.165, 1.54) is 12.1 Å². The second-order valence-electron chi connectivity index (χ2n) is 4.00. The van der Waals surface area contributed by atoms with Crippen LogP contribution in [0.3, 0.4) is 0 Å². The van der Waals surface area contributed by atoms with Crippen LogP contribution in [0.5, 0.6) is 0 Å². The average Bonchev–Trinajstić information content (AvgIpc) is 2.77. The van der Waals surface area contributed by atoms with Crippen LogP contribution < -0.4 is 5.32 Å². The lowest BCUT2D eigenvalue weighted by atomic mass is 10.2. The van der Waals surface area contributed by atoms with Crippen LogP contribution in [0.2, 0.25) is 0 Å². The molecule has 1 fully saturated rings. The summed E-state index contributed by atoms with van der Waals surface area (Å²) >= 11 is 3.15. The Labute approximate surface area is 107 Å². The third-order valence-electron chi connectivity index (χ3n) is 2.64. The van der Waals surface area contributed by atoms with Crippen molar-refractivity contribution in [2.24, 2.45) is 0 Å². The molecule has 0 spiro atoms. The maximum Gasteiger partial charge on any atom is 0.251 e. The SMILES string of the molecule is O=C(NCC1CCCO1)c1cc(F)cc(Br)c1. The van der Waals surface area contributed by atoms with Gasteiger partial charge in [-0.25, -0.2) is 4.39 Å². The number of hydrogen-bond acceptors (Lipinski definition) is 2. The fraction of sp³-hybridized carbons (Fsp3) is 0.417. The van der Waals surface area contributed by atoms with Crippen molar-refractivity contribution in [3.05, 3.63) is 34.1 Å². The van der Waals surface area contributed by atoms with Crippen LogP contribution in [-0.2, 0) is 4.74 Å². The summed E-state index contributed by atoms with van der Waals surface area (Å²) in [4.78, 5) is 11.8. The van der Waals surface area contributed by atoms with Gasteiger partial charge in [0.15, 0.2) is 0 Å². The zero-order valence-electron chi connectivity index (χ0n) is 9.21. The summed E-state index contributed by atoms with van der Waals surface area (Å²) in [6.45, 7) is 1.24. The molecule has 0 aliphatic carbocycles. The van der Waals surface area contributed by atoms with Crippen molar-refractivity contribution in [1.82, 2.24) is 5.32 Å². The first-order chi connectivity index (χ1) is 8.15. The highest BCUT2D eigenvalue weighted by atomic mass is 79.9. The smallest absolute Gasteiger partial charge is 0.251 e. The van der Waals surface area contributed by atoms with Crippen molar-refractivity contribution in [1.29, 1.82) is 0 Å². The second kappa shape index (κ2) is 5.60. The Morgan fingerprint density at radius 2 is 2.35 bits per heavy atom. The number of ether oxygens (including phenoxy) is 1. The summed E-state index contributed by atoms with van der Waals surface area (Å²) in [7, 11) is 0. The number of carbonyl (C=O) groups is 1. The van der Waals surface area contributed by atoms with Gasteiger partial charge in [0.25, 0.3) is 5.91 Å². The van der Waals surface area contributed by atoms with Crippen molar-refractivity contribution >= 4 is 21.8 Å². The van der Waals surface area contributed by atoms with Crippen molar-refractivity contribution in [3.63, 3.8) is 0 Å². The molecule has 1 N–H and O–H groups in total. The number of rotatable bonds is 3. The van der Waals surface area contributed by atoms with Gasteiger partial charge in [0, 0.05) is 23.2 Å². The van der Waals surface area contributed by atoms with Crippen molar-refractivity contribution in [2.45, 2.75) is 18.9 Å². The maximum absolute atomic E-state index is 13.1. The Kier molecular flexibility index (Phi) is 4.12. The van der Waals surface area contributed by atoms with Gasteiger partial charge in [0.2, 0.25) is 0 Å². The molecule has 1 aliphatic heterocycles. The Morgan fingerprint density at radius 3 is 3.00 bits per heavy atom. The second-order valence-corrected chi connectivity index (χ2v) is 4.92. The molecule has 1 aliphatic rings. The van der Waals surface area contributed by atoms with Crippen molar-refractivity contribution < 1.29 is 13.9 Å². The fourth-order valence-corrected chi connectivity index (χ4v) is 2.26. The summed E-state index contributed by atoms with van der Waals surface area (Å²) in [6.07, 6.45) is 2.09. The Morgan fingerprint density at radius 1 is 1.53 bits per heavy atom. The van der Waals surface area contributed by atoms with Crippen LogP contribution in [0.1, 0.15) is 23.2 Å². The van der Waals surface area contributed by atoms with Crippen molar-refractivity contribution in [3.8, 4) is 0 Å². The fourth-order valence-electron chi connectivity index (χ4n) is 1.80. The maximum atomic E-state index is 13.1. The molecular formula is C12H13BrFNO2. The van der Waals surface area contributed by atoms with E-state index in [9.17, 15) is 9.18 Å². The number of halogens is 2. The predicted octanol–water partition coefficient (Wildman–Crippen LogP) is 2.50. The quantitative estimate of drug-likeness (QED) is 0.931. The minimum absolute atomic E-state index is 0.0935. The molecular weight excluding hydrogens is 289 g/mol. The third-order valence-corrected chi connectivity index (χ3v) is 3.10. The first kappa shape index (κ1) is 12.5. The Hall–Kier alpha value is -0.940. The van der Waals surface area contributed by atoms with Gasteiger partial charge in [0.1, 0.15) is 5.82 Å². The summed E-state index contributed by atoms with van der Waals surface area (Å²) < 4.78 is 19.0. The molecule has 5 heteroatoms. The molecule has 1 atom stereocenters. The van der Waals surface area contributed by atoms with E-state index in [1.54, 1.807) is 6.07 Å². The lowest BCUT2D eigenvalue weighted by Gasteiger charge is -2.10.